The number of hydrogen-bond donors (Lipinski definition) is 1. The molecule has 112 valence electrons. The van der Waals surface area contributed by atoms with Crippen molar-refractivity contribution in [1.82, 2.24) is 4.72 Å². The third kappa shape index (κ3) is 3.71. The van der Waals surface area contributed by atoms with Crippen LogP contribution < -0.4 is 9.46 Å². The van der Waals surface area contributed by atoms with E-state index in [-0.39, 0.29) is 11.0 Å². The second-order valence-corrected chi connectivity index (χ2v) is 6.61. The van der Waals surface area contributed by atoms with Crippen molar-refractivity contribution in [1.29, 1.82) is 0 Å². The molecule has 1 N–H and O–H groups in total. The zero-order chi connectivity index (χ0) is 14.6. The Balaban J connectivity index is 2.06. The molecule has 1 heterocycles. The maximum Gasteiger partial charge on any atom is 0.240 e. The first kappa shape index (κ1) is 15.3. The predicted octanol–water partition coefficient (Wildman–Crippen LogP) is 1.85. The van der Waals surface area contributed by atoms with E-state index in [1.54, 1.807) is 18.2 Å². The van der Waals surface area contributed by atoms with Gasteiger partial charge in [-0.15, -0.1) is 0 Å². The van der Waals surface area contributed by atoms with Gasteiger partial charge in [-0.1, -0.05) is 0 Å². The Labute approximate surface area is 120 Å². The lowest BCUT2D eigenvalue weighted by Gasteiger charge is -2.13. The maximum atomic E-state index is 12.2. The van der Waals surface area contributed by atoms with Crippen LogP contribution in [0.1, 0.15) is 25.3 Å². The van der Waals surface area contributed by atoms with Gasteiger partial charge in [0.1, 0.15) is 5.75 Å². The Morgan fingerprint density at radius 1 is 1.45 bits per heavy atom. The van der Waals surface area contributed by atoms with Gasteiger partial charge in [-0.2, -0.15) is 0 Å². The largest absolute Gasteiger partial charge is 0.494 e. The Bertz CT molecular complexity index is 550. The van der Waals surface area contributed by atoms with Crippen molar-refractivity contribution in [3.05, 3.63) is 23.8 Å². The molecule has 0 aromatic heterocycles. The number of hydrogen-bond acceptors (Lipinski definition) is 4. The third-order valence-corrected chi connectivity index (χ3v) is 4.70. The van der Waals surface area contributed by atoms with Crippen molar-refractivity contribution >= 4 is 10.0 Å². The van der Waals surface area contributed by atoms with Gasteiger partial charge in [0.25, 0.3) is 0 Å². The van der Waals surface area contributed by atoms with Crippen LogP contribution in [-0.2, 0) is 14.8 Å². The van der Waals surface area contributed by atoms with Crippen molar-refractivity contribution in [2.45, 2.75) is 37.7 Å². The number of sulfonamides is 1. The minimum absolute atomic E-state index is 0.00595. The van der Waals surface area contributed by atoms with Gasteiger partial charge in [-0.05, 0) is 50.5 Å². The van der Waals surface area contributed by atoms with Crippen LogP contribution in [0, 0.1) is 6.92 Å². The van der Waals surface area contributed by atoms with Crippen molar-refractivity contribution in [3.63, 3.8) is 0 Å². The van der Waals surface area contributed by atoms with Crippen molar-refractivity contribution < 1.29 is 17.9 Å². The quantitative estimate of drug-likeness (QED) is 0.870. The standard InChI is InChI=1S/C14H21NO4S/c1-3-18-14-7-6-13(9-11(14)2)20(16,17)15-10-12-5-4-8-19-12/h6-7,9,12,15H,3-5,8,10H2,1-2H3/t12-/m1/s1. The monoisotopic (exact) mass is 299 g/mol. The molecule has 0 aliphatic carbocycles. The highest BCUT2D eigenvalue weighted by Gasteiger charge is 2.20. The van der Waals surface area contributed by atoms with E-state index in [1.807, 2.05) is 13.8 Å². The molecule has 1 aromatic rings. The number of nitrogens with one attached hydrogen (secondary N) is 1. The molecule has 0 bridgehead atoms. The van der Waals surface area contributed by atoms with Crippen LogP contribution in [0.2, 0.25) is 0 Å². The number of aryl methyl sites for hydroxylation is 1. The van der Waals surface area contributed by atoms with Crippen molar-refractivity contribution in [3.8, 4) is 5.75 Å². The van der Waals surface area contributed by atoms with Crippen LogP contribution >= 0.6 is 0 Å². The molecule has 1 aromatic carbocycles. The zero-order valence-electron chi connectivity index (χ0n) is 11.9. The number of ether oxygens (including phenoxy) is 2. The van der Waals surface area contributed by atoms with Crippen LogP contribution in [-0.4, -0.2) is 34.3 Å². The normalized spacial score (nSPS) is 19.2. The lowest BCUT2D eigenvalue weighted by Crippen LogP contribution is -2.31. The van der Waals surface area contributed by atoms with Gasteiger partial charge in [0, 0.05) is 13.2 Å². The minimum atomic E-state index is -3.49. The molecular formula is C14H21NO4S. The molecule has 1 saturated heterocycles. The predicted molar refractivity (Wildman–Crippen MR) is 76.5 cm³/mol. The summed E-state index contributed by atoms with van der Waals surface area (Å²) in [7, 11) is -3.49. The van der Waals surface area contributed by atoms with Crippen LogP contribution in [0.15, 0.2) is 23.1 Å². The summed E-state index contributed by atoms with van der Waals surface area (Å²) in [5, 5.41) is 0. The summed E-state index contributed by atoms with van der Waals surface area (Å²) >= 11 is 0. The summed E-state index contributed by atoms with van der Waals surface area (Å²) in [6, 6.07) is 4.89. The molecule has 6 heteroatoms. The van der Waals surface area contributed by atoms with Crippen molar-refractivity contribution in [2.24, 2.45) is 0 Å². The molecule has 1 aliphatic heterocycles. The Morgan fingerprint density at radius 3 is 2.85 bits per heavy atom. The van der Waals surface area contributed by atoms with E-state index in [0.29, 0.717) is 25.5 Å². The Kier molecular flexibility index (Phi) is 5.01. The van der Waals surface area contributed by atoms with Crippen LogP contribution in [0.3, 0.4) is 0 Å². The van der Waals surface area contributed by atoms with E-state index in [2.05, 4.69) is 4.72 Å². The van der Waals surface area contributed by atoms with Crippen LogP contribution in [0.25, 0.3) is 0 Å². The Hall–Kier alpha value is -1.11. The van der Waals surface area contributed by atoms with E-state index < -0.39 is 10.0 Å². The second kappa shape index (κ2) is 6.56. The van der Waals surface area contributed by atoms with Gasteiger partial charge in [0.05, 0.1) is 17.6 Å². The zero-order valence-corrected chi connectivity index (χ0v) is 12.7. The van der Waals surface area contributed by atoms with Gasteiger partial charge in [0.15, 0.2) is 0 Å². The molecule has 1 aliphatic rings. The molecule has 20 heavy (non-hydrogen) atoms. The average Bonchev–Trinajstić information content (AvgIpc) is 2.92. The fourth-order valence-electron chi connectivity index (χ4n) is 2.20. The molecule has 0 spiro atoms. The van der Waals surface area contributed by atoms with Gasteiger partial charge in [-0.3, -0.25) is 0 Å². The Morgan fingerprint density at radius 2 is 2.25 bits per heavy atom. The lowest BCUT2D eigenvalue weighted by molar-refractivity contribution is 0.114. The molecule has 0 saturated carbocycles. The molecule has 2 rings (SSSR count). The molecular weight excluding hydrogens is 278 g/mol. The van der Waals surface area contributed by atoms with E-state index >= 15 is 0 Å². The first-order valence-corrected chi connectivity index (χ1v) is 8.36. The second-order valence-electron chi connectivity index (χ2n) is 4.85. The molecule has 5 nitrogen and oxygen atoms in total. The average molecular weight is 299 g/mol. The minimum Gasteiger partial charge on any atom is -0.494 e. The molecule has 0 unspecified atom stereocenters. The topological polar surface area (TPSA) is 64.6 Å². The summed E-state index contributed by atoms with van der Waals surface area (Å²) < 4.78 is 37.8. The molecule has 0 radical (unpaired) electrons. The summed E-state index contributed by atoms with van der Waals surface area (Å²) in [5.41, 5.74) is 0.812. The number of rotatable bonds is 6. The van der Waals surface area contributed by atoms with Gasteiger partial charge in [-0.25, -0.2) is 13.1 Å². The van der Waals surface area contributed by atoms with Crippen molar-refractivity contribution in [2.75, 3.05) is 19.8 Å². The molecule has 1 fully saturated rings. The summed E-state index contributed by atoms with van der Waals surface area (Å²) in [6.45, 7) is 5.34. The summed E-state index contributed by atoms with van der Waals surface area (Å²) in [6.07, 6.45) is 1.90. The highest BCUT2D eigenvalue weighted by atomic mass is 32.2. The van der Waals surface area contributed by atoms with Gasteiger partial charge < -0.3 is 9.47 Å². The van der Waals surface area contributed by atoms with E-state index in [0.717, 1.165) is 18.4 Å². The molecule has 0 amide bonds. The fourth-order valence-corrected chi connectivity index (χ4v) is 3.35. The van der Waals surface area contributed by atoms with Crippen LogP contribution in [0.4, 0.5) is 0 Å². The van der Waals surface area contributed by atoms with Gasteiger partial charge >= 0.3 is 0 Å². The highest BCUT2D eigenvalue weighted by molar-refractivity contribution is 7.89. The highest BCUT2D eigenvalue weighted by Crippen LogP contribution is 2.22. The summed E-state index contributed by atoms with van der Waals surface area (Å²) in [5.74, 6) is 0.713. The fraction of sp³-hybridized carbons (Fsp3) is 0.571. The first-order chi connectivity index (χ1) is 9.53. The summed E-state index contributed by atoms with van der Waals surface area (Å²) in [4.78, 5) is 0.261. The SMILES string of the molecule is CCOc1ccc(S(=O)(=O)NC[C@H]2CCCO2)cc1C. The van der Waals surface area contributed by atoms with Crippen LogP contribution in [0.5, 0.6) is 5.75 Å². The van der Waals surface area contributed by atoms with E-state index in [9.17, 15) is 8.42 Å². The first-order valence-electron chi connectivity index (χ1n) is 6.87. The number of benzene rings is 1. The third-order valence-electron chi connectivity index (χ3n) is 3.28. The van der Waals surface area contributed by atoms with E-state index in [1.165, 1.54) is 0 Å². The molecule has 1 atom stereocenters. The maximum absolute atomic E-state index is 12.2. The smallest absolute Gasteiger partial charge is 0.240 e. The van der Waals surface area contributed by atoms with Gasteiger partial charge in [0.2, 0.25) is 10.0 Å². The lowest BCUT2D eigenvalue weighted by atomic mass is 10.2. The van der Waals surface area contributed by atoms with E-state index in [4.69, 9.17) is 9.47 Å².